The first-order valence-electron chi connectivity index (χ1n) is 17.7. The summed E-state index contributed by atoms with van der Waals surface area (Å²) in [6, 6.07) is 55.6. The number of hydrogen-bond acceptors (Lipinski definition) is 5. The maximum atomic E-state index is 5.15. The number of thiophene rings is 1. The van der Waals surface area contributed by atoms with E-state index in [1.807, 2.05) is 72.0 Å². The van der Waals surface area contributed by atoms with Crippen molar-refractivity contribution in [2.45, 2.75) is 6.92 Å². The van der Waals surface area contributed by atoms with Gasteiger partial charge in [-0.05, 0) is 72.0 Å². The predicted molar refractivity (Wildman–Crippen MR) is 221 cm³/mol. The molecular weight excluding hydrogens is 667 g/mol. The lowest BCUT2D eigenvalue weighted by atomic mass is 9.94. The van der Waals surface area contributed by atoms with Gasteiger partial charge in [0.2, 0.25) is 5.95 Å². The molecule has 0 spiro atoms. The van der Waals surface area contributed by atoms with Gasteiger partial charge in [0.1, 0.15) is 0 Å². The maximum Gasteiger partial charge on any atom is 0.238 e. The molecular formula is C47H29N5S. The van der Waals surface area contributed by atoms with Crippen LogP contribution in [0.4, 0.5) is 0 Å². The molecule has 0 N–H and O–H groups in total. The lowest BCUT2D eigenvalue weighted by Gasteiger charge is -2.13. The largest absolute Gasteiger partial charge is 0.278 e. The van der Waals surface area contributed by atoms with E-state index in [1.54, 1.807) is 0 Å². The fraction of sp³-hybridized carbons (Fsp3) is 0.0213. The second-order valence-corrected chi connectivity index (χ2v) is 14.6. The van der Waals surface area contributed by atoms with E-state index < -0.39 is 0 Å². The van der Waals surface area contributed by atoms with E-state index in [1.165, 1.54) is 30.9 Å². The summed E-state index contributed by atoms with van der Waals surface area (Å²) in [5.41, 5.74) is 8.29. The van der Waals surface area contributed by atoms with Gasteiger partial charge in [0.15, 0.2) is 11.6 Å². The summed E-state index contributed by atoms with van der Waals surface area (Å²) in [6.45, 7) is 2.07. The topological polar surface area (TPSA) is 56.5 Å². The van der Waals surface area contributed by atoms with E-state index in [0.29, 0.717) is 17.6 Å². The van der Waals surface area contributed by atoms with Gasteiger partial charge in [-0.1, -0.05) is 109 Å². The zero-order valence-electron chi connectivity index (χ0n) is 28.7. The van der Waals surface area contributed by atoms with Crippen LogP contribution in [0.3, 0.4) is 0 Å². The SMILES string of the molecule is Cc1ccc2c(-c3ccc4c(c3)c3ccccc3n4-c3nc(-c4ccccc4)nc(-c4ccccc4)n3)cc3cc4c(cc3c2n1)sc1ccccc14. The van der Waals surface area contributed by atoms with Gasteiger partial charge in [-0.15, -0.1) is 11.3 Å². The molecule has 53 heavy (non-hydrogen) atoms. The minimum absolute atomic E-state index is 0.583. The van der Waals surface area contributed by atoms with Crippen molar-refractivity contribution in [2.24, 2.45) is 0 Å². The molecule has 0 fully saturated rings. The number of aryl methyl sites for hydroxylation is 1. The van der Waals surface area contributed by atoms with Crippen molar-refractivity contribution in [3.8, 4) is 39.9 Å². The zero-order chi connectivity index (χ0) is 35.0. The summed E-state index contributed by atoms with van der Waals surface area (Å²) in [4.78, 5) is 20.3. The number of pyridine rings is 1. The lowest BCUT2D eigenvalue weighted by Crippen LogP contribution is -2.06. The number of fused-ring (bicyclic) bond motifs is 9. The Morgan fingerprint density at radius 1 is 0.434 bits per heavy atom. The molecule has 0 bridgehead atoms. The third kappa shape index (κ3) is 4.76. The highest BCUT2D eigenvalue weighted by Crippen LogP contribution is 2.42. The van der Waals surface area contributed by atoms with Gasteiger partial charge in [-0.25, -0.2) is 4.98 Å². The Morgan fingerprint density at radius 2 is 1.11 bits per heavy atom. The number of para-hydroxylation sites is 1. The molecule has 5 nitrogen and oxygen atoms in total. The van der Waals surface area contributed by atoms with Crippen molar-refractivity contribution in [3.63, 3.8) is 0 Å². The van der Waals surface area contributed by atoms with E-state index in [2.05, 4.69) is 109 Å². The molecule has 4 heterocycles. The Balaban J connectivity index is 1.16. The van der Waals surface area contributed by atoms with Crippen LogP contribution in [0, 0.1) is 6.92 Å². The van der Waals surface area contributed by atoms with Crippen LogP contribution in [0.25, 0.3) is 104 Å². The van der Waals surface area contributed by atoms with E-state index in [4.69, 9.17) is 19.9 Å². The van der Waals surface area contributed by atoms with Gasteiger partial charge in [-0.3, -0.25) is 9.55 Å². The quantitative estimate of drug-likeness (QED) is 0.172. The Kier molecular flexibility index (Phi) is 6.57. The number of aromatic nitrogens is 5. The van der Waals surface area contributed by atoms with Crippen molar-refractivity contribution in [3.05, 3.63) is 163 Å². The molecule has 0 aliphatic carbocycles. The molecule has 4 aromatic heterocycles. The molecule has 0 atom stereocenters. The van der Waals surface area contributed by atoms with Gasteiger partial charge >= 0.3 is 0 Å². The van der Waals surface area contributed by atoms with Crippen LogP contribution in [0.1, 0.15) is 5.69 Å². The van der Waals surface area contributed by atoms with Crippen LogP contribution in [0.5, 0.6) is 0 Å². The number of hydrogen-bond donors (Lipinski definition) is 0. The van der Waals surface area contributed by atoms with Crippen LogP contribution in [0.15, 0.2) is 158 Å². The third-order valence-electron chi connectivity index (χ3n) is 10.3. The maximum absolute atomic E-state index is 5.15. The Bertz CT molecular complexity index is 3180. The number of nitrogens with zero attached hydrogens (tertiary/aromatic N) is 5. The zero-order valence-corrected chi connectivity index (χ0v) is 29.5. The normalized spacial score (nSPS) is 11.9. The van der Waals surface area contributed by atoms with Crippen molar-refractivity contribution in [1.29, 1.82) is 0 Å². The predicted octanol–water partition coefficient (Wildman–Crippen LogP) is 12.3. The van der Waals surface area contributed by atoms with Gasteiger partial charge in [0, 0.05) is 58.5 Å². The monoisotopic (exact) mass is 695 g/mol. The summed E-state index contributed by atoms with van der Waals surface area (Å²) in [5.74, 6) is 1.85. The van der Waals surface area contributed by atoms with Gasteiger partial charge in [-0.2, -0.15) is 9.97 Å². The van der Waals surface area contributed by atoms with Gasteiger partial charge in [0.25, 0.3) is 0 Å². The fourth-order valence-corrected chi connectivity index (χ4v) is 8.94. The highest BCUT2D eigenvalue weighted by Gasteiger charge is 2.20. The summed E-state index contributed by atoms with van der Waals surface area (Å²) >= 11 is 1.85. The standard InChI is InChI=1S/C47H29N5S/c1-28-20-22-35-36(25-32-26-39-34-17-9-11-19-42(34)53-43(39)27-37(32)44(35)48-28)31-21-23-41-38(24-31)33-16-8-10-18-40(33)52(41)47-50-45(29-12-4-2-5-13-29)49-46(51-47)30-14-6-3-7-15-30/h2-27H,1H3. The molecule has 7 aromatic carbocycles. The van der Waals surface area contributed by atoms with Gasteiger partial charge in [0.05, 0.1) is 16.6 Å². The Morgan fingerprint density at radius 3 is 1.89 bits per heavy atom. The summed E-state index contributed by atoms with van der Waals surface area (Å²) in [7, 11) is 0. The van der Waals surface area contributed by atoms with Crippen molar-refractivity contribution >= 4 is 75.0 Å². The average molecular weight is 696 g/mol. The molecule has 6 heteroatoms. The lowest BCUT2D eigenvalue weighted by molar-refractivity contribution is 0.953. The van der Waals surface area contributed by atoms with Gasteiger partial charge < -0.3 is 0 Å². The van der Waals surface area contributed by atoms with Crippen LogP contribution in [-0.4, -0.2) is 24.5 Å². The molecule has 0 radical (unpaired) electrons. The first-order chi connectivity index (χ1) is 26.2. The highest BCUT2D eigenvalue weighted by molar-refractivity contribution is 7.25. The van der Waals surface area contributed by atoms with Crippen molar-refractivity contribution in [2.75, 3.05) is 0 Å². The molecule has 0 unspecified atom stereocenters. The fourth-order valence-electron chi connectivity index (χ4n) is 7.82. The van der Waals surface area contributed by atoms with Crippen LogP contribution in [0.2, 0.25) is 0 Å². The van der Waals surface area contributed by atoms with Crippen LogP contribution < -0.4 is 0 Å². The molecule has 0 amide bonds. The summed E-state index contributed by atoms with van der Waals surface area (Å²) < 4.78 is 4.77. The van der Waals surface area contributed by atoms with Crippen molar-refractivity contribution in [1.82, 2.24) is 24.5 Å². The minimum Gasteiger partial charge on any atom is -0.278 e. The van der Waals surface area contributed by atoms with E-state index >= 15 is 0 Å². The molecule has 0 saturated carbocycles. The second-order valence-electron chi connectivity index (χ2n) is 13.5. The molecule has 11 aromatic rings. The molecule has 11 rings (SSSR count). The minimum atomic E-state index is 0.583. The second kappa shape index (κ2) is 11.6. The summed E-state index contributed by atoms with van der Waals surface area (Å²) in [6.07, 6.45) is 0. The van der Waals surface area contributed by atoms with E-state index in [9.17, 15) is 0 Å². The molecule has 0 aliphatic rings. The number of rotatable bonds is 4. The van der Waals surface area contributed by atoms with E-state index in [-0.39, 0.29) is 0 Å². The first kappa shape index (κ1) is 29.9. The van der Waals surface area contributed by atoms with Crippen LogP contribution in [-0.2, 0) is 0 Å². The molecule has 248 valence electrons. The highest BCUT2D eigenvalue weighted by atomic mass is 32.1. The average Bonchev–Trinajstić information content (AvgIpc) is 3.75. The third-order valence-corrected chi connectivity index (χ3v) is 11.4. The number of benzene rings is 7. The van der Waals surface area contributed by atoms with E-state index in [0.717, 1.165) is 60.7 Å². The van der Waals surface area contributed by atoms with Crippen molar-refractivity contribution < 1.29 is 0 Å². The Hall–Kier alpha value is -6.76. The smallest absolute Gasteiger partial charge is 0.238 e. The van der Waals surface area contributed by atoms with Crippen LogP contribution >= 0.6 is 11.3 Å². The molecule has 0 saturated heterocycles. The molecule has 0 aliphatic heterocycles. The Labute approximate surface area is 308 Å². The summed E-state index contributed by atoms with van der Waals surface area (Å²) in [5, 5.41) is 8.37. The first-order valence-corrected chi connectivity index (χ1v) is 18.5.